The van der Waals surface area contributed by atoms with Gasteiger partial charge >= 0.3 is 0 Å². The quantitative estimate of drug-likeness (QED) is 0.772. The van der Waals surface area contributed by atoms with Gasteiger partial charge in [0.1, 0.15) is 11.6 Å². The number of hydrogen-bond donors (Lipinski definition) is 2. The molecule has 2 aromatic rings. The van der Waals surface area contributed by atoms with E-state index in [2.05, 4.69) is 16.9 Å². The highest BCUT2D eigenvalue weighted by atomic mass is 16.3. The van der Waals surface area contributed by atoms with Crippen LogP contribution >= 0.6 is 0 Å². The number of nitrogens with zero attached hydrogens (tertiary/aromatic N) is 1. The fourth-order valence-electron chi connectivity index (χ4n) is 1.53. The van der Waals surface area contributed by atoms with Gasteiger partial charge in [0.25, 0.3) is 0 Å². The first kappa shape index (κ1) is 10.5. The first-order valence-corrected chi connectivity index (χ1v) is 5.13. The van der Waals surface area contributed by atoms with Crippen LogP contribution in [0.15, 0.2) is 42.6 Å². The molecular weight excluding hydrogens is 200 g/mol. The summed E-state index contributed by atoms with van der Waals surface area (Å²) in [5.41, 5.74) is 1.04. The van der Waals surface area contributed by atoms with Crippen molar-refractivity contribution in [1.29, 1.82) is 0 Å². The second-order valence-corrected chi connectivity index (χ2v) is 3.88. The topological polar surface area (TPSA) is 45.2 Å². The third-order valence-electron chi connectivity index (χ3n) is 2.31. The summed E-state index contributed by atoms with van der Waals surface area (Å²) in [6, 6.07) is 7.17. The lowest BCUT2D eigenvalue weighted by atomic mass is 10.1. The van der Waals surface area contributed by atoms with Crippen LogP contribution in [0.5, 0.6) is 5.75 Å². The molecule has 3 nitrogen and oxygen atoms in total. The van der Waals surface area contributed by atoms with Crippen LogP contribution in [-0.4, -0.2) is 16.6 Å². The van der Waals surface area contributed by atoms with Gasteiger partial charge in [-0.2, -0.15) is 0 Å². The van der Waals surface area contributed by atoms with Crippen molar-refractivity contribution in [3.05, 3.63) is 42.6 Å². The number of nitrogens with one attached hydrogen (secondary N) is 1. The summed E-state index contributed by atoms with van der Waals surface area (Å²) in [6.45, 7) is 6.46. The fraction of sp³-hybridized carbons (Fsp3) is 0.154. The summed E-state index contributed by atoms with van der Waals surface area (Å²) in [6.07, 6.45) is 1.75. The van der Waals surface area contributed by atoms with E-state index in [1.807, 2.05) is 19.1 Å². The number of aromatic nitrogens is 1. The summed E-state index contributed by atoms with van der Waals surface area (Å²) >= 11 is 0. The van der Waals surface area contributed by atoms with Gasteiger partial charge in [0.15, 0.2) is 0 Å². The predicted molar refractivity (Wildman–Crippen MR) is 66.7 cm³/mol. The Morgan fingerprint density at radius 3 is 3.00 bits per heavy atom. The molecule has 2 rings (SSSR count). The van der Waals surface area contributed by atoms with E-state index in [0.717, 1.165) is 22.2 Å². The number of fused-ring (bicyclic) bond motifs is 1. The molecule has 0 aliphatic carbocycles. The van der Waals surface area contributed by atoms with Crippen molar-refractivity contribution in [3.8, 4) is 5.75 Å². The van der Waals surface area contributed by atoms with Gasteiger partial charge in [-0.15, -0.1) is 0 Å². The smallest absolute Gasteiger partial charge is 0.134 e. The van der Waals surface area contributed by atoms with Crippen molar-refractivity contribution in [3.63, 3.8) is 0 Å². The SMILES string of the molecule is C=C(C)CNc1nccc2ccc(O)cc12. The number of benzene rings is 1. The Balaban J connectivity index is 2.43. The van der Waals surface area contributed by atoms with Crippen molar-refractivity contribution in [2.75, 3.05) is 11.9 Å². The molecule has 0 amide bonds. The average molecular weight is 214 g/mol. The number of phenols is 1. The van der Waals surface area contributed by atoms with Crippen LogP contribution in [0.4, 0.5) is 5.82 Å². The van der Waals surface area contributed by atoms with E-state index >= 15 is 0 Å². The lowest BCUT2D eigenvalue weighted by Gasteiger charge is -2.08. The van der Waals surface area contributed by atoms with Gasteiger partial charge in [-0.3, -0.25) is 0 Å². The first-order chi connectivity index (χ1) is 7.66. The van der Waals surface area contributed by atoms with Crippen LogP contribution in [0.1, 0.15) is 6.92 Å². The van der Waals surface area contributed by atoms with Crippen LogP contribution in [0.2, 0.25) is 0 Å². The van der Waals surface area contributed by atoms with E-state index in [1.54, 1.807) is 18.3 Å². The molecule has 0 fully saturated rings. The van der Waals surface area contributed by atoms with Crippen molar-refractivity contribution in [2.45, 2.75) is 6.92 Å². The molecule has 0 radical (unpaired) electrons. The first-order valence-electron chi connectivity index (χ1n) is 5.13. The van der Waals surface area contributed by atoms with E-state index in [-0.39, 0.29) is 5.75 Å². The van der Waals surface area contributed by atoms with Crippen molar-refractivity contribution in [1.82, 2.24) is 4.98 Å². The number of rotatable bonds is 3. The number of pyridine rings is 1. The van der Waals surface area contributed by atoms with E-state index in [4.69, 9.17) is 0 Å². The van der Waals surface area contributed by atoms with Crippen molar-refractivity contribution >= 4 is 16.6 Å². The molecule has 2 N–H and O–H groups in total. The lowest BCUT2D eigenvalue weighted by Crippen LogP contribution is -2.03. The molecule has 82 valence electrons. The van der Waals surface area contributed by atoms with Gasteiger partial charge < -0.3 is 10.4 Å². The minimum Gasteiger partial charge on any atom is -0.508 e. The normalized spacial score (nSPS) is 10.3. The van der Waals surface area contributed by atoms with Crippen molar-refractivity contribution in [2.24, 2.45) is 0 Å². The summed E-state index contributed by atoms with van der Waals surface area (Å²) in [4.78, 5) is 4.26. The molecule has 16 heavy (non-hydrogen) atoms. The van der Waals surface area contributed by atoms with Gasteiger partial charge in [-0.05, 0) is 30.5 Å². The Labute approximate surface area is 94.4 Å². The highest BCUT2D eigenvalue weighted by Crippen LogP contribution is 2.24. The summed E-state index contributed by atoms with van der Waals surface area (Å²) in [5.74, 6) is 1.02. The largest absolute Gasteiger partial charge is 0.508 e. The minimum absolute atomic E-state index is 0.249. The van der Waals surface area contributed by atoms with E-state index in [1.165, 1.54) is 0 Å². The highest BCUT2D eigenvalue weighted by molar-refractivity contribution is 5.92. The van der Waals surface area contributed by atoms with Crippen LogP contribution in [-0.2, 0) is 0 Å². The van der Waals surface area contributed by atoms with E-state index in [9.17, 15) is 5.11 Å². The maximum Gasteiger partial charge on any atom is 0.134 e. The van der Waals surface area contributed by atoms with E-state index < -0.39 is 0 Å². The van der Waals surface area contributed by atoms with Crippen LogP contribution < -0.4 is 5.32 Å². The molecule has 1 aromatic carbocycles. The number of aromatic hydroxyl groups is 1. The lowest BCUT2D eigenvalue weighted by molar-refractivity contribution is 0.476. The Kier molecular flexibility index (Phi) is 2.77. The van der Waals surface area contributed by atoms with E-state index in [0.29, 0.717) is 6.54 Å². The second kappa shape index (κ2) is 4.23. The maximum absolute atomic E-state index is 9.46. The zero-order valence-corrected chi connectivity index (χ0v) is 9.20. The Morgan fingerprint density at radius 2 is 2.25 bits per heavy atom. The summed E-state index contributed by atoms with van der Waals surface area (Å²) in [7, 11) is 0. The number of phenolic OH excluding ortho intramolecular Hbond substituents is 1. The molecule has 3 heteroatoms. The van der Waals surface area contributed by atoms with Gasteiger partial charge in [0.05, 0.1) is 0 Å². The molecule has 0 aliphatic heterocycles. The van der Waals surface area contributed by atoms with Gasteiger partial charge in [0, 0.05) is 18.1 Å². The highest BCUT2D eigenvalue weighted by Gasteiger charge is 2.02. The zero-order chi connectivity index (χ0) is 11.5. The fourth-order valence-corrected chi connectivity index (χ4v) is 1.53. The molecule has 1 heterocycles. The Hall–Kier alpha value is -2.03. The molecule has 0 unspecified atom stereocenters. The zero-order valence-electron chi connectivity index (χ0n) is 9.20. The Bertz CT molecular complexity index is 534. The monoisotopic (exact) mass is 214 g/mol. The van der Waals surface area contributed by atoms with Gasteiger partial charge in [0.2, 0.25) is 0 Å². The summed E-state index contributed by atoms with van der Waals surface area (Å²) < 4.78 is 0. The molecule has 0 bridgehead atoms. The van der Waals surface area contributed by atoms with Crippen LogP contribution in [0.3, 0.4) is 0 Å². The average Bonchev–Trinajstić information content (AvgIpc) is 2.26. The number of hydrogen-bond acceptors (Lipinski definition) is 3. The minimum atomic E-state index is 0.249. The molecular formula is C13H14N2O. The van der Waals surface area contributed by atoms with Crippen LogP contribution in [0, 0.1) is 0 Å². The third kappa shape index (κ3) is 2.14. The molecule has 1 aromatic heterocycles. The standard InChI is InChI=1S/C13H14N2O/c1-9(2)8-15-13-12-7-11(16)4-3-10(12)5-6-14-13/h3-7,16H,1,8H2,2H3,(H,14,15). The maximum atomic E-state index is 9.46. The number of anilines is 1. The molecule has 0 saturated heterocycles. The molecule has 0 aliphatic rings. The molecule has 0 saturated carbocycles. The Morgan fingerprint density at radius 1 is 1.44 bits per heavy atom. The summed E-state index contributed by atoms with van der Waals surface area (Å²) in [5, 5.41) is 14.6. The third-order valence-corrected chi connectivity index (χ3v) is 2.31. The van der Waals surface area contributed by atoms with Crippen LogP contribution in [0.25, 0.3) is 10.8 Å². The predicted octanol–water partition coefficient (Wildman–Crippen LogP) is 2.93. The van der Waals surface area contributed by atoms with Crippen molar-refractivity contribution < 1.29 is 5.11 Å². The molecule has 0 spiro atoms. The van der Waals surface area contributed by atoms with Gasteiger partial charge in [-0.1, -0.05) is 18.2 Å². The van der Waals surface area contributed by atoms with Gasteiger partial charge in [-0.25, -0.2) is 4.98 Å². The molecule has 0 atom stereocenters. The second-order valence-electron chi connectivity index (χ2n) is 3.88.